The van der Waals surface area contributed by atoms with Crippen LogP contribution in [0.5, 0.6) is 11.5 Å². The van der Waals surface area contributed by atoms with E-state index < -0.39 is 0 Å². The van der Waals surface area contributed by atoms with Gasteiger partial charge in [0.2, 0.25) is 0 Å². The molecule has 0 aliphatic heterocycles. The summed E-state index contributed by atoms with van der Waals surface area (Å²) in [6.07, 6.45) is 1.99. The highest BCUT2D eigenvalue weighted by Crippen LogP contribution is 2.41. The first-order valence-electron chi connectivity index (χ1n) is 6.44. The number of fused-ring (bicyclic) bond motifs is 1. The zero-order valence-electron chi connectivity index (χ0n) is 11.4. The average Bonchev–Trinajstić information content (AvgIpc) is 3.19. The number of ether oxygens (including phenoxy) is 2. The van der Waals surface area contributed by atoms with Crippen molar-refractivity contribution >= 4 is 16.7 Å². The van der Waals surface area contributed by atoms with Gasteiger partial charge in [-0.1, -0.05) is 0 Å². The van der Waals surface area contributed by atoms with Gasteiger partial charge in [0.1, 0.15) is 11.5 Å². The summed E-state index contributed by atoms with van der Waals surface area (Å²) in [6.45, 7) is 1.93. The van der Waals surface area contributed by atoms with E-state index in [1.165, 1.54) is 0 Å². The molecule has 1 N–H and O–H groups in total. The Kier molecular flexibility index (Phi) is 2.73. The van der Waals surface area contributed by atoms with Crippen LogP contribution in [0.25, 0.3) is 10.9 Å². The number of aromatic amines is 1. The molecular weight excluding hydrogens is 242 g/mol. The molecule has 1 aliphatic rings. The van der Waals surface area contributed by atoms with Crippen LogP contribution >= 0.6 is 0 Å². The number of H-pyrrole nitrogens is 1. The standard InChI is InChI=1S/C15H17NO3/c1-8-12(15(17)9-4-5-9)13-10(18-2)6-7-11(19-3)14(13)16-8/h6-7,9,16H,4-5H2,1-3H3. The van der Waals surface area contributed by atoms with Crippen LogP contribution in [0.4, 0.5) is 0 Å². The van der Waals surface area contributed by atoms with Crippen molar-refractivity contribution in [2.45, 2.75) is 19.8 Å². The van der Waals surface area contributed by atoms with Crippen LogP contribution in [0.15, 0.2) is 12.1 Å². The minimum Gasteiger partial charge on any atom is -0.496 e. The van der Waals surface area contributed by atoms with Crippen LogP contribution in [0.2, 0.25) is 0 Å². The number of benzene rings is 1. The molecule has 2 aromatic rings. The second kappa shape index (κ2) is 4.30. The van der Waals surface area contributed by atoms with Gasteiger partial charge >= 0.3 is 0 Å². The molecule has 1 aliphatic carbocycles. The van der Waals surface area contributed by atoms with Gasteiger partial charge in [-0.3, -0.25) is 4.79 Å². The molecule has 4 heteroatoms. The molecular formula is C15H17NO3. The Bertz CT molecular complexity index is 653. The number of hydrogen-bond donors (Lipinski definition) is 1. The monoisotopic (exact) mass is 259 g/mol. The van der Waals surface area contributed by atoms with E-state index >= 15 is 0 Å². The van der Waals surface area contributed by atoms with Crippen molar-refractivity contribution in [2.75, 3.05) is 14.2 Å². The van der Waals surface area contributed by atoms with Gasteiger partial charge in [-0.25, -0.2) is 0 Å². The lowest BCUT2D eigenvalue weighted by molar-refractivity contribution is 0.0968. The van der Waals surface area contributed by atoms with Crippen LogP contribution in [0.3, 0.4) is 0 Å². The number of carbonyl (C=O) groups is 1. The number of hydrogen-bond acceptors (Lipinski definition) is 3. The SMILES string of the molecule is COc1ccc(OC)c2c(C(=O)C3CC3)c(C)[nH]c12. The van der Waals surface area contributed by atoms with Gasteiger partial charge in [0, 0.05) is 17.2 Å². The Hall–Kier alpha value is -1.97. The summed E-state index contributed by atoms with van der Waals surface area (Å²) >= 11 is 0. The van der Waals surface area contributed by atoms with Crippen LogP contribution in [-0.2, 0) is 0 Å². The Morgan fingerprint density at radius 2 is 1.84 bits per heavy atom. The first-order chi connectivity index (χ1) is 9.17. The molecule has 0 bridgehead atoms. The molecule has 0 unspecified atom stereocenters. The minimum atomic E-state index is 0.189. The van der Waals surface area contributed by atoms with Crippen molar-refractivity contribution < 1.29 is 14.3 Å². The van der Waals surface area contributed by atoms with E-state index in [-0.39, 0.29) is 11.7 Å². The molecule has 1 aromatic carbocycles. The summed E-state index contributed by atoms with van der Waals surface area (Å²) in [6, 6.07) is 3.70. The molecule has 1 saturated carbocycles. The normalized spacial score (nSPS) is 14.7. The second-order valence-corrected chi connectivity index (χ2v) is 4.98. The van der Waals surface area contributed by atoms with Gasteiger partial charge in [0.15, 0.2) is 5.78 Å². The van der Waals surface area contributed by atoms with E-state index in [2.05, 4.69) is 4.98 Å². The van der Waals surface area contributed by atoms with E-state index in [4.69, 9.17) is 9.47 Å². The minimum absolute atomic E-state index is 0.189. The predicted molar refractivity (Wildman–Crippen MR) is 73.2 cm³/mol. The molecule has 1 heterocycles. The Balaban J connectivity index is 2.30. The van der Waals surface area contributed by atoms with Gasteiger partial charge < -0.3 is 14.5 Å². The van der Waals surface area contributed by atoms with E-state index in [9.17, 15) is 4.79 Å². The summed E-state index contributed by atoms with van der Waals surface area (Å²) in [7, 11) is 3.24. The maximum absolute atomic E-state index is 12.5. The highest BCUT2D eigenvalue weighted by molar-refractivity contribution is 6.14. The molecule has 0 spiro atoms. The van der Waals surface area contributed by atoms with Gasteiger partial charge in [-0.2, -0.15) is 0 Å². The summed E-state index contributed by atoms with van der Waals surface area (Å²) in [5, 5.41) is 0.844. The smallest absolute Gasteiger partial charge is 0.168 e. The van der Waals surface area contributed by atoms with Gasteiger partial charge in [-0.05, 0) is 31.9 Å². The first-order valence-corrected chi connectivity index (χ1v) is 6.44. The number of rotatable bonds is 4. The second-order valence-electron chi connectivity index (χ2n) is 4.98. The van der Waals surface area contributed by atoms with E-state index in [1.807, 2.05) is 19.1 Å². The van der Waals surface area contributed by atoms with Crippen molar-refractivity contribution in [2.24, 2.45) is 5.92 Å². The highest BCUT2D eigenvalue weighted by atomic mass is 16.5. The molecule has 0 atom stereocenters. The van der Waals surface area contributed by atoms with Crippen molar-refractivity contribution in [1.29, 1.82) is 0 Å². The van der Waals surface area contributed by atoms with Crippen molar-refractivity contribution in [3.05, 3.63) is 23.4 Å². The Labute approximate surface area is 111 Å². The van der Waals surface area contributed by atoms with E-state index in [0.29, 0.717) is 5.75 Å². The number of methoxy groups -OCH3 is 2. The van der Waals surface area contributed by atoms with Crippen molar-refractivity contribution in [3.63, 3.8) is 0 Å². The van der Waals surface area contributed by atoms with Gasteiger partial charge in [0.25, 0.3) is 0 Å². The number of carbonyl (C=O) groups excluding carboxylic acids is 1. The highest BCUT2D eigenvalue weighted by Gasteiger charge is 2.34. The lowest BCUT2D eigenvalue weighted by Gasteiger charge is -2.07. The third-order valence-electron chi connectivity index (χ3n) is 3.70. The maximum atomic E-state index is 12.5. The molecule has 19 heavy (non-hydrogen) atoms. The molecule has 1 aromatic heterocycles. The summed E-state index contributed by atoms with van der Waals surface area (Å²) < 4.78 is 10.8. The molecule has 0 saturated heterocycles. The summed E-state index contributed by atoms with van der Waals surface area (Å²) in [5.41, 5.74) is 2.48. The van der Waals surface area contributed by atoms with Crippen LogP contribution in [0, 0.1) is 12.8 Å². The molecule has 100 valence electrons. The molecule has 0 amide bonds. The van der Waals surface area contributed by atoms with Crippen LogP contribution in [0.1, 0.15) is 28.9 Å². The quantitative estimate of drug-likeness (QED) is 0.858. The molecule has 1 fully saturated rings. The van der Waals surface area contributed by atoms with E-state index in [0.717, 1.165) is 40.8 Å². The number of aromatic nitrogens is 1. The first kappa shape index (κ1) is 12.1. The van der Waals surface area contributed by atoms with Crippen molar-refractivity contribution in [3.8, 4) is 11.5 Å². The predicted octanol–water partition coefficient (Wildman–Crippen LogP) is 3.09. The third-order valence-corrected chi connectivity index (χ3v) is 3.70. The fraction of sp³-hybridized carbons (Fsp3) is 0.400. The number of aryl methyl sites for hydroxylation is 1. The zero-order valence-corrected chi connectivity index (χ0v) is 11.4. The average molecular weight is 259 g/mol. The zero-order chi connectivity index (χ0) is 13.6. The summed E-state index contributed by atoms with van der Waals surface area (Å²) in [5.74, 6) is 1.85. The summed E-state index contributed by atoms with van der Waals surface area (Å²) in [4.78, 5) is 15.7. The largest absolute Gasteiger partial charge is 0.496 e. The van der Waals surface area contributed by atoms with Crippen molar-refractivity contribution in [1.82, 2.24) is 4.98 Å². The fourth-order valence-electron chi connectivity index (χ4n) is 2.57. The molecule has 0 radical (unpaired) electrons. The Morgan fingerprint density at radius 3 is 2.42 bits per heavy atom. The Morgan fingerprint density at radius 1 is 1.21 bits per heavy atom. The number of ketones is 1. The van der Waals surface area contributed by atoms with Crippen LogP contribution in [-0.4, -0.2) is 25.0 Å². The van der Waals surface area contributed by atoms with Crippen LogP contribution < -0.4 is 9.47 Å². The lowest BCUT2D eigenvalue weighted by atomic mass is 10.0. The lowest BCUT2D eigenvalue weighted by Crippen LogP contribution is -2.03. The number of nitrogens with one attached hydrogen (secondary N) is 1. The van der Waals surface area contributed by atoms with Gasteiger partial charge in [-0.15, -0.1) is 0 Å². The molecule has 4 nitrogen and oxygen atoms in total. The van der Waals surface area contributed by atoms with E-state index in [1.54, 1.807) is 14.2 Å². The molecule has 3 rings (SSSR count). The maximum Gasteiger partial charge on any atom is 0.168 e. The fourth-order valence-corrected chi connectivity index (χ4v) is 2.57. The topological polar surface area (TPSA) is 51.3 Å². The third kappa shape index (κ3) is 1.79. The van der Waals surface area contributed by atoms with Gasteiger partial charge in [0.05, 0.1) is 25.1 Å². The number of Topliss-reactive ketones (excluding diaryl/α,β-unsaturated/α-hetero) is 1.